The molecule has 0 bridgehead atoms. The monoisotopic (exact) mass is 338 g/mol. The van der Waals surface area contributed by atoms with E-state index in [9.17, 15) is 0 Å². The van der Waals surface area contributed by atoms with Gasteiger partial charge < -0.3 is 4.52 Å². The molecule has 25 heavy (non-hydrogen) atoms. The molecular weight excluding hydrogens is 312 g/mol. The molecule has 5 heteroatoms. The lowest BCUT2D eigenvalue weighted by Crippen LogP contribution is -2.17. The molecule has 0 radical (unpaired) electrons. The van der Waals surface area contributed by atoms with Gasteiger partial charge in [0.25, 0.3) is 0 Å². The summed E-state index contributed by atoms with van der Waals surface area (Å²) in [4.78, 5) is 4.77. The highest BCUT2D eigenvalue weighted by atomic mass is 16.5. The molecule has 0 aliphatic rings. The van der Waals surface area contributed by atoms with Crippen molar-refractivity contribution in [2.75, 3.05) is 0 Å². The van der Waals surface area contributed by atoms with Gasteiger partial charge in [0.2, 0.25) is 5.76 Å². The van der Waals surface area contributed by atoms with E-state index in [1.54, 1.807) is 0 Å². The van der Waals surface area contributed by atoms with Crippen molar-refractivity contribution in [2.24, 2.45) is 5.41 Å². The SMILES string of the molecule is Cc1cccc(-c2nc(-c3cc(C(C)C)no3)n(CC(C)(C)C)n2)c1. The molecule has 1 aromatic carbocycles. The molecule has 3 rings (SSSR count). The fourth-order valence-electron chi connectivity index (χ4n) is 2.66. The fourth-order valence-corrected chi connectivity index (χ4v) is 2.66. The Kier molecular flexibility index (Phi) is 4.50. The zero-order valence-electron chi connectivity index (χ0n) is 15.9. The molecule has 0 spiro atoms. The molecule has 5 nitrogen and oxygen atoms in total. The third kappa shape index (κ3) is 3.98. The lowest BCUT2D eigenvalue weighted by Gasteiger charge is -2.18. The van der Waals surface area contributed by atoms with Crippen molar-refractivity contribution in [1.82, 2.24) is 19.9 Å². The maximum Gasteiger partial charge on any atom is 0.204 e. The van der Waals surface area contributed by atoms with Gasteiger partial charge in [-0.25, -0.2) is 9.67 Å². The van der Waals surface area contributed by atoms with Gasteiger partial charge in [-0.05, 0) is 24.3 Å². The van der Waals surface area contributed by atoms with E-state index in [1.165, 1.54) is 5.56 Å². The Morgan fingerprint density at radius 1 is 1.16 bits per heavy atom. The third-order valence-corrected chi connectivity index (χ3v) is 3.91. The topological polar surface area (TPSA) is 56.7 Å². The third-order valence-electron chi connectivity index (χ3n) is 3.91. The first-order valence-corrected chi connectivity index (χ1v) is 8.72. The number of hydrogen-bond acceptors (Lipinski definition) is 4. The summed E-state index contributed by atoms with van der Waals surface area (Å²) in [6.45, 7) is 13.6. The predicted octanol–water partition coefficient (Wildman–Crippen LogP) is 5.08. The molecule has 0 amide bonds. The van der Waals surface area contributed by atoms with Gasteiger partial charge in [-0.15, -0.1) is 0 Å². The summed E-state index contributed by atoms with van der Waals surface area (Å²) in [6, 6.07) is 10.2. The van der Waals surface area contributed by atoms with Crippen LogP contribution in [0.15, 0.2) is 34.9 Å². The minimum Gasteiger partial charge on any atom is -0.353 e. The van der Waals surface area contributed by atoms with Crippen molar-refractivity contribution >= 4 is 0 Å². The van der Waals surface area contributed by atoms with E-state index in [1.807, 2.05) is 22.9 Å². The minimum atomic E-state index is 0.0766. The normalized spacial score (nSPS) is 12.1. The van der Waals surface area contributed by atoms with Crippen LogP contribution in [0.5, 0.6) is 0 Å². The molecule has 0 aliphatic carbocycles. The second kappa shape index (κ2) is 6.47. The summed E-state index contributed by atoms with van der Waals surface area (Å²) in [5.74, 6) is 2.42. The molecule has 0 N–H and O–H groups in total. The highest BCUT2D eigenvalue weighted by Crippen LogP contribution is 2.28. The molecular formula is C20H26N4O. The maximum atomic E-state index is 5.57. The standard InChI is InChI=1S/C20H26N4O/c1-13(2)16-11-17(25-23-16)19-21-18(15-9-7-8-14(3)10-15)22-24(19)12-20(4,5)6/h7-11,13H,12H2,1-6H3. The van der Waals surface area contributed by atoms with Gasteiger partial charge in [-0.2, -0.15) is 5.10 Å². The first kappa shape index (κ1) is 17.4. The summed E-state index contributed by atoms with van der Waals surface area (Å²) in [5, 5.41) is 8.92. The van der Waals surface area contributed by atoms with Crippen LogP contribution in [0.1, 0.15) is 51.8 Å². The van der Waals surface area contributed by atoms with Crippen LogP contribution in [-0.4, -0.2) is 19.9 Å². The molecule has 0 aliphatic heterocycles. The summed E-state index contributed by atoms with van der Waals surface area (Å²) in [6.07, 6.45) is 0. The van der Waals surface area contributed by atoms with Crippen molar-refractivity contribution in [2.45, 2.75) is 54.0 Å². The Morgan fingerprint density at radius 3 is 2.52 bits per heavy atom. The highest BCUT2D eigenvalue weighted by molar-refractivity contribution is 5.59. The number of hydrogen-bond donors (Lipinski definition) is 0. The maximum absolute atomic E-state index is 5.57. The van der Waals surface area contributed by atoms with Crippen LogP contribution in [0.2, 0.25) is 0 Å². The molecule has 2 heterocycles. The van der Waals surface area contributed by atoms with Crippen LogP contribution in [0.4, 0.5) is 0 Å². The highest BCUT2D eigenvalue weighted by Gasteiger charge is 2.22. The van der Waals surface area contributed by atoms with Crippen molar-refractivity contribution in [3.63, 3.8) is 0 Å². The molecule has 0 fully saturated rings. The van der Waals surface area contributed by atoms with E-state index in [0.717, 1.165) is 23.6 Å². The van der Waals surface area contributed by atoms with E-state index in [4.69, 9.17) is 14.6 Å². The Hall–Kier alpha value is -2.43. The molecule has 132 valence electrons. The van der Waals surface area contributed by atoms with Gasteiger partial charge in [0.1, 0.15) is 0 Å². The molecule has 0 saturated heterocycles. The lowest BCUT2D eigenvalue weighted by atomic mass is 9.97. The minimum absolute atomic E-state index is 0.0766. The zero-order valence-corrected chi connectivity index (χ0v) is 15.9. The van der Waals surface area contributed by atoms with E-state index >= 15 is 0 Å². The second-order valence-electron chi connectivity index (χ2n) is 8.12. The lowest BCUT2D eigenvalue weighted by molar-refractivity contribution is 0.324. The summed E-state index contributed by atoms with van der Waals surface area (Å²) < 4.78 is 7.50. The Morgan fingerprint density at radius 2 is 1.92 bits per heavy atom. The molecule has 0 atom stereocenters. The first-order valence-electron chi connectivity index (χ1n) is 8.72. The van der Waals surface area contributed by atoms with Gasteiger partial charge in [0.05, 0.1) is 5.69 Å². The number of benzene rings is 1. The number of nitrogens with zero attached hydrogens (tertiary/aromatic N) is 4. The molecule has 0 unspecified atom stereocenters. The fraction of sp³-hybridized carbons (Fsp3) is 0.450. The molecule has 0 saturated carbocycles. The van der Waals surface area contributed by atoms with Gasteiger partial charge in [0, 0.05) is 18.2 Å². The van der Waals surface area contributed by atoms with Crippen LogP contribution in [0.3, 0.4) is 0 Å². The summed E-state index contributed by atoms with van der Waals surface area (Å²) >= 11 is 0. The van der Waals surface area contributed by atoms with Gasteiger partial charge in [-0.3, -0.25) is 0 Å². The van der Waals surface area contributed by atoms with Crippen LogP contribution in [0.25, 0.3) is 23.0 Å². The molecule has 2 aromatic heterocycles. The average Bonchev–Trinajstić information content (AvgIpc) is 3.12. The van der Waals surface area contributed by atoms with E-state index in [0.29, 0.717) is 17.5 Å². The smallest absolute Gasteiger partial charge is 0.204 e. The van der Waals surface area contributed by atoms with Crippen molar-refractivity contribution in [3.8, 4) is 23.0 Å². The number of rotatable bonds is 4. The van der Waals surface area contributed by atoms with E-state index < -0.39 is 0 Å². The van der Waals surface area contributed by atoms with Crippen molar-refractivity contribution in [1.29, 1.82) is 0 Å². The van der Waals surface area contributed by atoms with Gasteiger partial charge >= 0.3 is 0 Å². The number of aromatic nitrogens is 4. The van der Waals surface area contributed by atoms with Crippen LogP contribution in [-0.2, 0) is 6.54 Å². The Bertz CT molecular complexity index is 868. The largest absolute Gasteiger partial charge is 0.353 e. The summed E-state index contributed by atoms with van der Waals surface area (Å²) in [7, 11) is 0. The number of aryl methyl sites for hydroxylation is 1. The van der Waals surface area contributed by atoms with Crippen LogP contribution < -0.4 is 0 Å². The zero-order chi connectivity index (χ0) is 18.2. The van der Waals surface area contributed by atoms with Gasteiger partial charge in [-0.1, -0.05) is 63.5 Å². The van der Waals surface area contributed by atoms with Crippen LogP contribution in [0, 0.1) is 12.3 Å². The van der Waals surface area contributed by atoms with Crippen LogP contribution >= 0.6 is 0 Å². The van der Waals surface area contributed by atoms with Crippen molar-refractivity contribution < 1.29 is 4.52 Å². The van der Waals surface area contributed by atoms with E-state index in [2.05, 4.69) is 58.8 Å². The van der Waals surface area contributed by atoms with E-state index in [-0.39, 0.29) is 5.41 Å². The first-order chi connectivity index (χ1) is 11.7. The quantitative estimate of drug-likeness (QED) is 0.666. The van der Waals surface area contributed by atoms with Gasteiger partial charge in [0.15, 0.2) is 11.6 Å². The van der Waals surface area contributed by atoms with Crippen molar-refractivity contribution in [3.05, 3.63) is 41.6 Å². The summed E-state index contributed by atoms with van der Waals surface area (Å²) in [5.41, 5.74) is 3.20. The molecule has 3 aromatic rings. The predicted molar refractivity (Wildman–Crippen MR) is 99.2 cm³/mol. The Balaban J connectivity index is 2.08. The average molecular weight is 338 g/mol. The Labute approximate surface area is 149 Å². The second-order valence-corrected chi connectivity index (χ2v) is 8.12.